The van der Waals surface area contributed by atoms with E-state index < -0.39 is 11.2 Å². The molecule has 6 nitrogen and oxygen atoms in total. The highest BCUT2D eigenvalue weighted by atomic mass is 79.9. The maximum absolute atomic E-state index is 13.1. The molecule has 3 aromatic rings. The summed E-state index contributed by atoms with van der Waals surface area (Å²) < 4.78 is 19.2. The topological polar surface area (TPSA) is 64.1 Å². The van der Waals surface area contributed by atoms with Crippen LogP contribution in [0.2, 0.25) is 5.15 Å². The van der Waals surface area contributed by atoms with E-state index in [1.807, 2.05) is 42.5 Å². The predicted octanol–water partition coefficient (Wildman–Crippen LogP) is 5.12. The predicted molar refractivity (Wildman–Crippen MR) is 141 cm³/mol. The van der Waals surface area contributed by atoms with Crippen LogP contribution >= 0.6 is 27.5 Å². The first-order valence-electron chi connectivity index (χ1n) is 12.2. The van der Waals surface area contributed by atoms with Gasteiger partial charge in [-0.15, -0.1) is 0 Å². The Bertz CT molecular complexity index is 1250. The van der Waals surface area contributed by atoms with Gasteiger partial charge in [0.15, 0.2) is 5.60 Å². The SMILES string of the molecule is COc1nc(Cl)cc2c1[C@]1(O)C(CN3CCOCC3)CC(c3ccccc3)C1(c1ccc(Br)cc1)O2. The summed E-state index contributed by atoms with van der Waals surface area (Å²) in [5.74, 6) is 0.555. The largest absolute Gasteiger partial charge is 0.481 e. The molecule has 0 spiro atoms. The summed E-state index contributed by atoms with van der Waals surface area (Å²) >= 11 is 9.95. The van der Waals surface area contributed by atoms with Crippen LogP contribution in [0.1, 0.15) is 29.0 Å². The summed E-state index contributed by atoms with van der Waals surface area (Å²) in [7, 11) is 1.56. The van der Waals surface area contributed by atoms with Gasteiger partial charge in [-0.25, -0.2) is 4.98 Å². The molecule has 1 aliphatic carbocycles. The monoisotopic (exact) mass is 570 g/mol. The quantitative estimate of drug-likeness (QED) is 0.429. The number of ether oxygens (including phenoxy) is 3. The van der Waals surface area contributed by atoms with Gasteiger partial charge in [0.2, 0.25) is 5.88 Å². The lowest BCUT2D eigenvalue weighted by molar-refractivity contribution is -0.134. The first kappa shape index (κ1) is 24.2. The second-order valence-corrected chi connectivity index (χ2v) is 11.1. The molecule has 3 heterocycles. The van der Waals surface area contributed by atoms with Crippen LogP contribution in [-0.2, 0) is 15.9 Å². The fourth-order valence-electron chi connectivity index (χ4n) is 6.49. The van der Waals surface area contributed by atoms with Crippen molar-refractivity contribution in [2.75, 3.05) is 40.0 Å². The number of aromatic nitrogens is 1. The number of pyridine rings is 1. The number of fused-ring (bicyclic) bond motifs is 3. The summed E-state index contributed by atoms with van der Waals surface area (Å²) in [6.07, 6.45) is 0.735. The van der Waals surface area contributed by atoms with E-state index in [4.69, 9.17) is 25.8 Å². The molecule has 0 bridgehead atoms. The molecule has 1 N–H and O–H groups in total. The van der Waals surface area contributed by atoms with Crippen LogP contribution in [0.5, 0.6) is 11.6 Å². The Morgan fingerprint density at radius 3 is 2.56 bits per heavy atom. The van der Waals surface area contributed by atoms with Crippen LogP contribution in [0.3, 0.4) is 0 Å². The van der Waals surface area contributed by atoms with Crippen molar-refractivity contribution in [2.24, 2.45) is 5.92 Å². The van der Waals surface area contributed by atoms with E-state index in [-0.39, 0.29) is 17.0 Å². The van der Waals surface area contributed by atoms with Crippen molar-refractivity contribution in [1.82, 2.24) is 9.88 Å². The molecule has 4 atom stereocenters. The molecule has 3 unspecified atom stereocenters. The summed E-state index contributed by atoms with van der Waals surface area (Å²) in [6.45, 7) is 3.75. The lowest BCUT2D eigenvalue weighted by Gasteiger charge is -2.42. The minimum Gasteiger partial charge on any atom is -0.481 e. The van der Waals surface area contributed by atoms with E-state index in [2.05, 4.69) is 37.9 Å². The van der Waals surface area contributed by atoms with Crippen molar-refractivity contribution in [1.29, 1.82) is 0 Å². The molecular weight excluding hydrogens is 544 g/mol. The van der Waals surface area contributed by atoms with Crippen LogP contribution in [0.25, 0.3) is 0 Å². The smallest absolute Gasteiger partial charge is 0.224 e. The third kappa shape index (κ3) is 3.59. The second kappa shape index (κ2) is 9.30. The highest BCUT2D eigenvalue weighted by Gasteiger charge is 2.73. The summed E-state index contributed by atoms with van der Waals surface area (Å²) in [5.41, 5.74) is 0.107. The number of methoxy groups -OCH3 is 1. The fraction of sp³-hybridized carbons (Fsp3) is 0.393. The Balaban J connectivity index is 1.60. The van der Waals surface area contributed by atoms with Crippen molar-refractivity contribution in [2.45, 2.75) is 23.5 Å². The van der Waals surface area contributed by atoms with Gasteiger partial charge < -0.3 is 19.3 Å². The van der Waals surface area contributed by atoms with Gasteiger partial charge in [0, 0.05) is 42.0 Å². The van der Waals surface area contributed by atoms with Crippen molar-refractivity contribution < 1.29 is 19.3 Å². The molecule has 1 saturated heterocycles. The van der Waals surface area contributed by atoms with Crippen LogP contribution in [0.4, 0.5) is 0 Å². The lowest BCUT2D eigenvalue weighted by atomic mass is 9.70. The first-order chi connectivity index (χ1) is 17.5. The summed E-state index contributed by atoms with van der Waals surface area (Å²) in [4.78, 5) is 6.82. The van der Waals surface area contributed by atoms with E-state index in [9.17, 15) is 5.11 Å². The molecule has 1 saturated carbocycles. The maximum atomic E-state index is 13.1. The lowest BCUT2D eigenvalue weighted by Crippen LogP contribution is -2.53. The van der Waals surface area contributed by atoms with Gasteiger partial charge in [-0.2, -0.15) is 0 Å². The molecule has 6 rings (SSSR count). The Hall–Kier alpha value is -2.16. The van der Waals surface area contributed by atoms with E-state index in [0.717, 1.165) is 35.1 Å². The van der Waals surface area contributed by atoms with Gasteiger partial charge in [0.1, 0.15) is 16.5 Å². The Kier molecular flexibility index (Phi) is 6.25. The Labute approximate surface area is 224 Å². The van der Waals surface area contributed by atoms with E-state index in [1.54, 1.807) is 13.2 Å². The molecule has 0 radical (unpaired) electrons. The van der Waals surface area contributed by atoms with Crippen molar-refractivity contribution in [3.8, 4) is 11.6 Å². The number of morpholine rings is 1. The molecule has 0 amide bonds. The molecule has 8 heteroatoms. The first-order valence-corrected chi connectivity index (χ1v) is 13.4. The van der Waals surface area contributed by atoms with Gasteiger partial charge in [-0.3, -0.25) is 4.90 Å². The van der Waals surface area contributed by atoms with Crippen molar-refractivity contribution in [3.63, 3.8) is 0 Å². The maximum Gasteiger partial charge on any atom is 0.224 e. The molecule has 2 aliphatic heterocycles. The van der Waals surface area contributed by atoms with Crippen molar-refractivity contribution >= 4 is 27.5 Å². The highest BCUT2D eigenvalue weighted by Crippen LogP contribution is 2.70. The number of nitrogens with zero attached hydrogens (tertiary/aromatic N) is 2. The van der Waals surface area contributed by atoms with Crippen LogP contribution in [-0.4, -0.2) is 54.9 Å². The van der Waals surface area contributed by atoms with Gasteiger partial charge in [-0.1, -0.05) is 70.0 Å². The fourth-order valence-corrected chi connectivity index (χ4v) is 6.93. The number of rotatable bonds is 5. The average Bonchev–Trinajstić information content (AvgIpc) is 3.30. The zero-order valence-electron chi connectivity index (χ0n) is 20.0. The zero-order valence-corrected chi connectivity index (χ0v) is 22.3. The molecule has 36 heavy (non-hydrogen) atoms. The minimum absolute atomic E-state index is 0.119. The van der Waals surface area contributed by atoms with Crippen LogP contribution < -0.4 is 9.47 Å². The highest BCUT2D eigenvalue weighted by molar-refractivity contribution is 9.10. The number of halogens is 2. The molecule has 2 fully saturated rings. The van der Waals surface area contributed by atoms with Crippen LogP contribution in [0, 0.1) is 5.92 Å². The normalized spacial score (nSPS) is 29.4. The average molecular weight is 572 g/mol. The van der Waals surface area contributed by atoms with Crippen LogP contribution in [0.15, 0.2) is 65.1 Å². The number of aliphatic hydroxyl groups is 1. The van der Waals surface area contributed by atoms with Gasteiger partial charge >= 0.3 is 0 Å². The standard InChI is InChI=1S/C28H28BrClN2O4/c1-34-26-25-23(16-24(30)31-26)36-28(19-7-9-21(29)10-8-19)22(18-5-3-2-4-6-18)15-20(27(25,28)33)17-32-11-13-35-14-12-32/h2-10,16,20,22,33H,11-15,17H2,1H3/t20?,22?,27-,28?/m1/s1. The number of benzene rings is 2. The van der Waals surface area contributed by atoms with E-state index in [0.29, 0.717) is 37.0 Å². The zero-order chi connectivity index (χ0) is 24.9. The minimum atomic E-state index is -1.40. The second-order valence-electron chi connectivity index (χ2n) is 9.75. The van der Waals surface area contributed by atoms with Crippen molar-refractivity contribution in [3.05, 3.63) is 87.0 Å². The number of hydrogen-bond acceptors (Lipinski definition) is 6. The summed E-state index contributed by atoms with van der Waals surface area (Å²) in [6, 6.07) is 20.1. The third-order valence-electron chi connectivity index (χ3n) is 7.99. The van der Waals surface area contributed by atoms with E-state index in [1.165, 1.54) is 0 Å². The third-order valence-corrected chi connectivity index (χ3v) is 8.71. The van der Waals surface area contributed by atoms with Gasteiger partial charge in [0.05, 0.1) is 25.9 Å². The summed E-state index contributed by atoms with van der Waals surface area (Å²) in [5, 5.41) is 13.4. The Morgan fingerprint density at radius 1 is 1.14 bits per heavy atom. The van der Waals surface area contributed by atoms with Gasteiger partial charge in [0.25, 0.3) is 0 Å². The molecule has 3 aliphatic rings. The van der Waals surface area contributed by atoms with E-state index >= 15 is 0 Å². The number of hydrogen-bond donors (Lipinski definition) is 1. The molecule has 188 valence electrons. The molecule has 1 aromatic heterocycles. The molecular formula is C28H28BrClN2O4. The van der Waals surface area contributed by atoms with Gasteiger partial charge in [-0.05, 0) is 29.7 Å². The Morgan fingerprint density at radius 2 is 1.86 bits per heavy atom. The molecule has 2 aromatic carbocycles.